The minimum atomic E-state index is -0.181. The quantitative estimate of drug-likeness (QED) is 0.815. The smallest absolute Gasteiger partial charge is 0.241 e. The van der Waals surface area contributed by atoms with Crippen molar-refractivity contribution in [3.8, 4) is 11.5 Å². The Labute approximate surface area is 107 Å². The SMILES string of the molecule is Cc1ccc(CCC2Oc3[c]cccc3O2)cc1. The Kier molecular flexibility index (Phi) is 2.93. The second kappa shape index (κ2) is 4.73. The van der Waals surface area contributed by atoms with E-state index in [0.29, 0.717) is 0 Å². The van der Waals surface area contributed by atoms with E-state index in [1.54, 1.807) is 0 Å². The summed E-state index contributed by atoms with van der Waals surface area (Å²) in [5.41, 5.74) is 2.60. The van der Waals surface area contributed by atoms with Gasteiger partial charge in [0.1, 0.15) is 0 Å². The van der Waals surface area contributed by atoms with Crippen molar-refractivity contribution >= 4 is 0 Å². The van der Waals surface area contributed by atoms with E-state index in [1.165, 1.54) is 11.1 Å². The summed E-state index contributed by atoms with van der Waals surface area (Å²) >= 11 is 0. The number of hydrogen-bond acceptors (Lipinski definition) is 2. The van der Waals surface area contributed by atoms with Crippen molar-refractivity contribution in [1.29, 1.82) is 0 Å². The van der Waals surface area contributed by atoms with E-state index >= 15 is 0 Å². The van der Waals surface area contributed by atoms with Gasteiger partial charge in [0.2, 0.25) is 6.29 Å². The van der Waals surface area contributed by atoms with Crippen LogP contribution in [0.2, 0.25) is 0 Å². The average molecular weight is 239 g/mol. The van der Waals surface area contributed by atoms with Crippen LogP contribution in [0.4, 0.5) is 0 Å². The molecule has 1 unspecified atom stereocenters. The molecule has 2 aromatic rings. The molecule has 1 heterocycles. The van der Waals surface area contributed by atoms with Gasteiger partial charge in [-0.3, -0.25) is 0 Å². The molecule has 91 valence electrons. The highest BCUT2D eigenvalue weighted by Gasteiger charge is 2.23. The van der Waals surface area contributed by atoms with Crippen LogP contribution in [-0.2, 0) is 6.42 Å². The molecule has 0 fully saturated rings. The van der Waals surface area contributed by atoms with Gasteiger partial charge in [-0.05, 0) is 25.0 Å². The van der Waals surface area contributed by atoms with Crippen LogP contribution in [0.1, 0.15) is 17.5 Å². The van der Waals surface area contributed by atoms with Crippen LogP contribution in [0, 0.1) is 13.0 Å². The lowest BCUT2D eigenvalue weighted by molar-refractivity contribution is 0.0421. The number of hydrogen-bond donors (Lipinski definition) is 0. The zero-order valence-corrected chi connectivity index (χ0v) is 10.3. The summed E-state index contributed by atoms with van der Waals surface area (Å²) < 4.78 is 11.4. The van der Waals surface area contributed by atoms with E-state index in [9.17, 15) is 0 Å². The van der Waals surface area contributed by atoms with E-state index in [1.807, 2.05) is 18.2 Å². The predicted molar refractivity (Wildman–Crippen MR) is 69.8 cm³/mol. The topological polar surface area (TPSA) is 18.5 Å². The van der Waals surface area contributed by atoms with Crippen molar-refractivity contribution < 1.29 is 9.47 Å². The van der Waals surface area contributed by atoms with Gasteiger partial charge in [-0.2, -0.15) is 0 Å². The molecule has 1 aliphatic heterocycles. The van der Waals surface area contributed by atoms with Gasteiger partial charge < -0.3 is 9.47 Å². The first-order chi connectivity index (χ1) is 8.81. The van der Waals surface area contributed by atoms with Crippen LogP contribution in [0.5, 0.6) is 11.5 Å². The fraction of sp³-hybridized carbons (Fsp3) is 0.250. The summed E-state index contributed by atoms with van der Waals surface area (Å²) in [7, 11) is 0. The van der Waals surface area contributed by atoms with Gasteiger partial charge in [0, 0.05) is 12.5 Å². The van der Waals surface area contributed by atoms with Crippen LogP contribution in [0.25, 0.3) is 0 Å². The fourth-order valence-corrected chi connectivity index (χ4v) is 2.05. The van der Waals surface area contributed by atoms with E-state index in [0.717, 1.165) is 24.3 Å². The molecule has 0 amide bonds. The van der Waals surface area contributed by atoms with Crippen LogP contribution in [0.3, 0.4) is 0 Å². The van der Waals surface area contributed by atoms with Crippen LogP contribution < -0.4 is 9.47 Å². The van der Waals surface area contributed by atoms with Crippen molar-refractivity contribution in [2.75, 3.05) is 0 Å². The Balaban J connectivity index is 1.58. The molecule has 0 saturated carbocycles. The van der Waals surface area contributed by atoms with E-state index in [2.05, 4.69) is 37.3 Å². The van der Waals surface area contributed by atoms with Crippen LogP contribution in [0.15, 0.2) is 42.5 Å². The molecule has 1 atom stereocenters. The Bertz CT molecular complexity index is 506. The van der Waals surface area contributed by atoms with Crippen molar-refractivity contribution in [2.24, 2.45) is 0 Å². The summed E-state index contributed by atoms with van der Waals surface area (Å²) in [6.45, 7) is 2.10. The maximum atomic E-state index is 5.70. The van der Waals surface area contributed by atoms with Crippen LogP contribution >= 0.6 is 0 Å². The van der Waals surface area contributed by atoms with Gasteiger partial charge in [-0.1, -0.05) is 42.0 Å². The minimum Gasteiger partial charge on any atom is -0.451 e. The molecule has 2 heteroatoms. The third-order valence-corrected chi connectivity index (χ3v) is 3.08. The first kappa shape index (κ1) is 11.1. The number of ether oxygens (including phenoxy) is 2. The molecule has 3 rings (SSSR count). The van der Waals surface area contributed by atoms with E-state index in [-0.39, 0.29) is 6.29 Å². The monoisotopic (exact) mass is 239 g/mol. The summed E-state index contributed by atoms with van der Waals surface area (Å²) in [5, 5.41) is 0. The highest BCUT2D eigenvalue weighted by atomic mass is 16.7. The number of fused-ring (bicyclic) bond motifs is 1. The molecule has 0 aliphatic carbocycles. The highest BCUT2D eigenvalue weighted by molar-refractivity contribution is 5.40. The molecule has 2 nitrogen and oxygen atoms in total. The molecule has 0 spiro atoms. The van der Waals surface area contributed by atoms with Gasteiger partial charge in [0.05, 0.1) is 0 Å². The third kappa shape index (κ3) is 2.33. The van der Waals surface area contributed by atoms with Crippen molar-refractivity contribution in [3.63, 3.8) is 0 Å². The van der Waals surface area contributed by atoms with Gasteiger partial charge in [-0.25, -0.2) is 0 Å². The second-order valence-corrected chi connectivity index (χ2v) is 4.55. The lowest BCUT2D eigenvalue weighted by atomic mass is 10.1. The second-order valence-electron chi connectivity index (χ2n) is 4.55. The molecular weight excluding hydrogens is 224 g/mol. The largest absolute Gasteiger partial charge is 0.451 e. The zero-order valence-electron chi connectivity index (χ0n) is 10.3. The molecule has 2 aromatic carbocycles. The number of benzene rings is 2. The maximum absolute atomic E-state index is 5.70. The Morgan fingerprint density at radius 1 is 1.11 bits per heavy atom. The molecular formula is C16H15O2. The van der Waals surface area contributed by atoms with Crippen LogP contribution in [-0.4, -0.2) is 6.29 Å². The normalized spacial score (nSPS) is 13.8. The Morgan fingerprint density at radius 2 is 1.94 bits per heavy atom. The van der Waals surface area contributed by atoms with E-state index < -0.39 is 0 Å². The molecule has 0 saturated heterocycles. The lowest BCUT2D eigenvalue weighted by Crippen LogP contribution is -2.18. The molecule has 18 heavy (non-hydrogen) atoms. The molecule has 0 N–H and O–H groups in total. The highest BCUT2D eigenvalue weighted by Crippen LogP contribution is 2.34. The Morgan fingerprint density at radius 3 is 2.72 bits per heavy atom. The van der Waals surface area contributed by atoms with Crippen molar-refractivity contribution in [3.05, 3.63) is 59.7 Å². The summed E-state index contributed by atoms with van der Waals surface area (Å²) in [4.78, 5) is 0. The standard InChI is InChI=1S/C16H15O2/c1-12-6-8-13(9-7-12)10-11-16-17-14-4-2-3-5-15(14)18-16/h2-4,6-9,16H,10-11H2,1H3. The third-order valence-electron chi connectivity index (χ3n) is 3.08. The molecule has 0 aromatic heterocycles. The first-order valence-corrected chi connectivity index (χ1v) is 6.21. The summed E-state index contributed by atoms with van der Waals surface area (Å²) in [5.74, 6) is 1.53. The van der Waals surface area contributed by atoms with Gasteiger partial charge in [-0.15, -0.1) is 0 Å². The number of aryl methyl sites for hydroxylation is 2. The molecule has 1 aliphatic rings. The van der Waals surface area contributed by atoms with Crippen molar-refractivity contribution in [1.82, 2.24) is 0 Å². The molecule has 0 bridgehead atoms. The minimum absolute atomic E-state index is 0.181. The fourth-order valence-electron chi connectivity index (χ4n) is 2.05. The predicted octanol–water partition coefficient (Wildman–Crippen LogP) is 3.53. The summed E-state index contributed by atoms with van der Waals surface area (Å²) in [6, 6.07) is 17.3. The Hall–Kier alpha value is -1.96. The number of para-hydroxylation sites is 1. The number of rotatable bonds is 3. The van der Waals surface area contributed by atoms with Gasteiger partial charge >= 0.3 is 0 Å². The average Bonchev–Trinajstić information content (AvgIpc) is 2.81. The first-order valence-electron chi connectivity index (χ1n) is 6.21. The van der Waals surface area contributed by atoms with Gasteiger partial charge in [0.15, 0.2) is 11.5 Å². The van der Waals surface area contributed by atoms with E-state index in [4.69, 9.17) is 9.47 Å². The van der Waals surface area contributed by atoms with Gasteiger partial charge in [0.25, 0.3) is 0 Å². The summed E-state index contributed by atoms with van der Waals surface area (Å²) in [6.07, 6.45) is 1.63. The lowest BCUT2D eigenvalue weighted by Gasteiger charge is -2.10. The zero-order chi connectivity index (χ0) is 12.4. The molecule has 1 radical (unpaired) electrons. The van der Waals surface area contributed by atoms with Crippen molar-refractivity contribution in [2.45, 2.75) is 26.1 Å². The maximum Gasteiger partial charge on any atom is 0.241 e.